The van der Waals surface area contributed by atoms with Gasteiger partial charge in [0.1, 0.15) is 17.0 Å². The number of benzene rings is 1. The molecule has 0 spiro atoms. The van der Waals surface area contributed by atoms with Gasteiger partial charge < -0.3 is 11.1 Å². The van der Waals surface area contributed by atoms with Crippen LogP contribution in [0, 0.1) is 5.82 Å². The van der Waals surface area contributed by atoms with E-state index in [0.29, 0.717) is 47.0 Å². The van der Waals surface area contributed by atoms with Crippen molar-refractivity contribution < 1.29 is 18.0 Å². The minimum absolute atomic E-state index is 0.135. The molecular weight excluding hydrogens is 561 g/mol. The van der Waals surface area contributed by atoms with Crippen LogP contribution < -0.4 is 11.1 Å². The van der Waals surface area contributed by atoms with Crippen LogP contribution in [-0.2, 0) is 6.42 Å². The molecule has 1 atom stereocenters. The van der Waals surface area contributed by atoms with Crippen molar-refractivity contribution >= 4 is 22.9 Å². The summed E-state index contributed by atoms with van der Waals surface area (Å²) in [6, 6.07) is 13.4. The number of aromatic nitrogens is 8. The van der Waals surface area contributed by atoms with E-state index in [-0.39, 0.29) is 11.6 Å². The number of alkyl halides is 2. The maximum atomic E-state index is 14.0. The van der Waals surface area contributed by atoms with Gasteiger partial charge in [-0.3, -0.25) is 14.3 Å². The highest BCUT2D eigenvalue weighted by atomic mass is 19.3. The molecule has 1 aliphatic carbocycles. The summed E-state index contributed by atoms with van der Waals surface area (Å²) in [4.78, 5) is 31.6. The second-order valence-corrected chi connectivity index (χ2v) is 9.88. The first-order valence-corrected chi connectivity index (χ1v) is 13.2. The number of nitrogen functional groups attached to an aromatic ring is 1. The zero-order chi connectivity index (χ0) is 29.7. The number of hydrogen-bond donors (Lipinski definition) is 2. The molecule has 0 saturated heterocycles. The number of pyridine rings is 3. The standard InChI is InChI=1S/C29H21F3N10O/c30-20-13-16(14-35-24(20)25(31)32)29(43)39-21-6-3-15-12-17(4-5-18(15)21)41-27(19-2-1-9-34-26(19)33)38-22-7-8-23(40-28(22)41)42-36-10-11-37-42/h1-2,4-5,7-14,21,25H,3,6H2,(H2,33,34)(H,39,43)/t21-/m0/s1. The minimum atomic E-state index is -3.07. The van der Waals surface area contributed by atoms with Crippen molar-refractivity contribution in [3.63, 3.8) is 0 Å². The van der Waals surface area contributed by atoms with E-state index in [2.05, 4.69) is 25.5 Å². The molecule has 0 fully saturated rings. The van der Waals surface area contributed by atoms with Gasteiger partial charge in [0.2, 0.25) is 0 Å². The molecule has 11 nitrogen and oxygen atoms in total. The van der Waals surface area contributed by atoms with Gasteiger partial charge in [-0.05, 0) is 66.4 Å². The highest BCUT2D eigenvalue weighted by molar-refractivity contribution is 5.94. The Balaban J connectivity index is 1.26. The van der Waals surface area contributed by atoms with E-state index in [1.807, 2.05) is 34.9 Å². The third kappa shape index (κ3) is 4.62. The number of carbonyl (C=O) groups is 1. The number of carbonyl (C=O) groups excluding carboxylic acids is 1. The Labute approximate surface area is 241 Å². The fourth-order valence-electron chi connectivity index (χ4n) is 5.29. The predicted molar refractivity (Wildman–Crippen MR) is 149 cm³/mol. The predicted octanol–water partition coefficient (Wildman–Crippen LogP) is 4.53. The van der Waals surface area contributed by atoms with Gasteiger partial charge in [-0.15, -0.1) is 4.80 Å². The van der Waals surface area contributed by atoms with Gasteiger partial charge in [0.15, 0.2) is 23.1 Å². The number of nitrogens with two attached hydrogens (primary N) is 1. The highest BCUT2D eigenvalue weighted by Gasteiger charge is 2.27. The molecule has 0 unspecified atom stereocenters. The third-order valence-electron chi connectivity index (χ3n) is 7.30. The summed E-state index contributed by atoms with van der Waals surface area (Å²) in [7, 11) is 0. The smallest absolute Gasteiger partial charge is 0.283 e. The van der Waals surface area contributed by atoms with Crippen molar-refractivity contribution in [1.82, 2.24) is 44.8 Å². The van der Waals surface area contributed by atoms with Crippen LogP contribution in [0.4, 0.5) is 19.0 Å². The summed E-state index contributed by atoms with van der Waals surface area (Å²) in [5.41, 5.74) is 9.56. The molecule has 0 radical (unpaired) electrons. The lowest BCUT2D eigenvalue weighted by atomic mass is 10.1. The quantitative estimate of drug-likeness (QED) is 0.292. The van der Waals surface area contributed by atoms with E-state index >= 15 is 0 Å². The molecule has 14 heteroatoms. The van der Waals surface area contributed by atoms with Crippen molar-refractivity contribution in [2.75, 3.05) is 5.73 Å². The molecule has 214 valence electrons. The number of imidazole rings is 1. The Morgan fingerprint density at radius 3 is 2.63 bits per heavy atom. The molecule has 1 amide bonds. The Morgan fingerprint density at radius 1 is 1.02 bits per heavy atom. The zero-order valence-electron chi connectivity index (χ0n) is 22.2. The molecule has 5 heterocycles. The summed E-state index contributed by atoms with van der Waals surface area (Å²) in [6.07, 6.45) is 3.85. The molecule has 0 saturated carbocycles. The summed E-state index contributed by atoms with van der Waals surface area (Å²) >= 11 is 0. The number of halogens is 3. The monoisotopic (exact) mass is 582 g/mol. The lowest BCUT2D eigenvalue weighted by Gasteiger charge is -2.16. The fourth-order valence-corrected chi connectivity index (χ4v) is 5.29. The van der Waals surface area contributed by atoms with Crippen LogP contribution in [0.25, 0.3) is 34.1 Å². The summed E-state index contributed by atoms with van der Waals surface area (Å²) < 4.78 is 41.7. The van der Waals surface area contributed by atoms with Crippen molar-refractivity contribution in [3.8, 4) is 22.9 Å². The number of nitrogens with zero attached hydrogens (tertiary/aromatic N) is 8. The molecule has 1 aliphatic rings. The number of hydrogen-bond acceptors (Lipinski definition) is 8. The maximum Gasteiger partial charge on any atom is 0.283 e. The topological polar surface area (TPSA) is 142 Å². The van der Waals surface area contributed by atoms with Crippen LogP contribution in [0.15, 0.2) is 73.3 Å². The van der Waals surface area contributed by atoms with Crippen LogP contribution in [-0.4, -0.2) is 45.4 Å². The molecule has 7 rings (SSSR count). The van der Waals surface area contributed by atoms with Crippen molar-refractivity contribution in [1.29, 1.82) is 0 Å². The van der Waals surface area contributed by atoms with Gasteiger partial charge in [-0.2, -0.15) is 10.2 Å². The van der Waals surface area contributed by atoms with E-state index < -0.39 is 23.8 Å². The average molecular weight is 583 g/mol. The lowest BCUT2D eigenvalue weighted by molar-refractivity contribution is 0.0934. The molecule has 3 N–H and O–H groups in total. The number of aryl methyl sites for hydroxylation is 1. The number of amides is 1. The molecule has 0 bridgehead atoms. The van der Waals surface area contributed by atoms with E-state index in [4.69, 9.17) is 15.7 Å². The number of fused-ring (bicyclic) bond motifs is 2. The minimum Gasteiger partial charge on any atom is -0.383 e. The SMILES string of the molecule is Nc1ncccc1-c1nc2ccc(-n3nccn3)nc2n1-c1ccc2c(c1)CC[C@@H]2NC(=O)c1cnc(C(F)F)c(F)c1. The fraction of sp³-hybridized carbons (Fsp3) is 0.138. The molecule has 1 aromatic carbocycles. The van der Waals surface area contributed by atoms with Crippen LogP contribution in [0.1, 0.15) is 46.1 Å². The van der Waals surface area contributed by atoms with Crippen molar-refractivity contribution in [2.45, 2.75) is 25.3 Å². The Bertz CT molecular complexity index is 2010. The van der Waals surface area contributed by atoms with E-state index in [1.165, 1.54) is 4.80 Å². The zero-order valence-corrected chi connectivity index (χ0v) is 22.2. The van der Waals surface area contributed by atoms with Crippen molar-refractivity contribution in [3.05, 3.63) is 102 Å². The average Bonchev–Trinajstić information content (AvgIpc) is 3.76. The molecule has 43 heavy (non-hydrogen) atoms. The first kappa shape index (κ1) is 26.3. The van der Waals surface area contributed by atoms with Gasteiger partial charge in [0.05, 0.1) is 29.6 Å². The Hall–Kier alpha value is -5.66. The van der Waals surface area contributed by atoms with Crippen molar-refractivity contribution in [2.24, 2.45) is 0 Å². The van der Waals surface area contributed by atoms with Crippen LogP contribution in [0.3, 0.4) is 0 Å². The summed E-state index contributed by atoms with van der Waals surface area (Å²) in [5, 5.41) is 11.2. The van der Waals surface area contributed by atoms with Gasteiger partial charge in [0.25, 0.3) is 12.3 Å². The second kappa shape index (κ2) is 10.3. The molecule has 5 aromatic heterocycles. The van der Waals surface area contributed by atoms with Gasteiger partial charge >= 0.3 is 0 Å². The second-order valence-electron chi connectivity index (χ2n) is 9.88. The van der Waals surface area contributed by atoms with Gasteiger partial charge in [0, 0.05) is 18.1 Å². The Morgan fingerprint density at radius 2 is 1.86 bits per heavy atom. The highest BCUT2D eigenvalue weighted by Crippen LogP contribution is 2.36. The lowest BCUT2D eigenvalue weighted by Crippen LogP contribution is -2.27. The Kier molecular flexibility index (Phi) is 6.30. The normalized spacial score (nSPS) is 14.4. The van der Waals surface area contributed by atoms with Gasteiger partial charge in [-0.1, -0.05) is 6.07 Å². The summed E-state index contributed by atoms with van der Waals surface area (Å²) in [6.45, 7) is 0. The first-order valence-electron chi connectivity index (χ1n) is 13.2. The molecular formula is C29H21F3N10O. The molecule has 6 aromatic rings. The van der Waals surface area contributed by atoms with E-state index in [9.17, 15) is 18.0 Å². The third-order valence-corrected chi connectivity index (χ3v) is 7.30. The maximum absolute atomic E-state index is 14.0. The van der Waals surface area contributed by atoms with E-state index in [0.717, 1.165) is 29.1 Å². The van der Waals surface area contributed by atoms with Gasteiger partial charge in [-0.25, -0.2) is 28.1 Å². The number of nitrogens with one attached hydrogen (secondary N) is 1. The molecule has 0 aliphatic heterocycles. The first-order chi connectivity index (χ1) is 20.9. The summed E-state index contributed by atoms with van der Waals surface area (Å²) in [5.74, 6) is -0.474. The van der Waals surface area contributed by atoms with Crippen LogP contribution in [0.5, 0.6) is 0 Å². The largest absolute Gasteiger partial charge is 0.383 e. The number of anilines is 1. The van der Waals surface area contributed by atoms with Crippen LogP contribution >= 0.6 is 0 Å². The number of rotatable bonds is 6. The van der Waals surface area contributed by atoms with Crippen LogP contribution in [0.2, 0.25) is 0 Å². The van der Waals surface area contributed by atoms with E-state index in [1.54, 1.807) is 30.7 Å².